The van der Waals surface area contributed by atoms with E-state index in [1.54, 1.807) is 13.2 Å². The molecule has 1 nitrogen and oxygen atoms in total. The molecule has 2 radical (unpaired) electrons. The van der Waals surface area contributed by atoms with Crippen LogP contribution in [0.4, 0.5) is 0 Å². The summed E-state index contributed by atoms with van der Waals surface area (Å²) in [6, 6.07) is 9.55. The first kappa shape index (κ1) is 6.14. The zero-order valence-corrected chi connectivity index (χ0v) is 5.56. The zero-order valence-electron chi connectivity index (χ0n) is 5.56. The van der Waals surface area contributed by atoms with Gasteiger partial charge in [0.1, 0.15) is 5.75 Å². The van der Waals surface area contributed by atoms with Gasteiger partial charge in [0.05, 0.1) is 7.11 Å². The predicted octanol–water partition coefficient (Wildman–Crippen LogP) is 1.60. The molecule has 1 aromatic carbocycles. The summed E-state index contributed by atoms with van der Waals surface area (Å²) in [4.78, 5) is 0. The third kappa shape index (κ3) is 1.46. The van der Waals surface area contributed by atoms with Crippen LogP contribution in [0.3, 0.4) is 0 Å². The van der Waals surface area contributed by atoms with Gasteiger partial charge in [0.2, 0.25) is 0 Å². The van der Waals surface area contributed by atoms with Crippen LogP contribution in [-0.4, -0.2) is 7.11 Å². The number of methoxy groups -OCH3 is 1. The minimum absolute atomic E-state index is 0.745. The number of rotatable bonds is 1. The van der Waals surface area contributed by atoms with Crippen molar-refractivity contribution in [1.82, 2.24) is 0 Å². The van der Waals surface area contributed by atoms with E-state index < -0.39 is 0 Å². The van der Waals surface area contributed by atoms with Crippen LogP contribution in [-0.2, 0) is 0 Å². The summed E-state index contributed by atoms with van der Waals surface area (Å²) in [6.07, 6.45) is 0. The van der Waals surface area contributed by atoms with Crippen molar-refractivity contribution in [3.63, 3.8) is 0 Å². The summed E-state index contributed by atoms with van der Waals surface area (Å²) < 4.78 is 4.91. The third-order valence-corrected chi connectivity index (χ3v) is 1.05. The molecule has 1 heteroatoms. The van der Waals surface area contributed by atoms with E-state index in [0.29, 0.717) is 0 Å². The Balaban J connectivity index is 2.94. The highest BCUT2D eigenvalue weighted by molar-refractivity contribution is 5.24. The van der Waals surface area contributed by atoms with Crippen LogP contribution in [0.2, 0.25) is 0 Å². The van der Waals surface area contributed by atoms with Crippen molar-refractivity contribution in [3.8, 4) is 5.75 Å². The minimum Gasteiger partial charge on any atom is -0.496 e. The maximum absolute atomic E-state index is 4.91. The van der Waals surface area contributed by atoms with Crippen molar-refractivity contribution >= 4 is 0 Å². The average molecular weight is 120 g/mol. The lowest BCUT2D eigenvalue weighted by Gasteiger charge is -1.96. The molecule has 1 aromatic rings. The second kappa shape index (κ2) is 2.53. The standard InChI is InChI=1S/C8H8O/c1-7-4-3-5-8(6-7)9-2/h4-5H,1-2H3. The van der Waals surface area contributed by atoms with Gasteiger partial charge in [-0.15, -0.1) is 0 Å². The fraction of sp³-hybridized carbons (Fsp3) is 0.250. The third-order valence-electron chi connectivity index (χ3n) is 1.05. The molecule has 0 N–H and O–H groups in total. The van der Waals surface area contributed by atoms with Gasteiger partial charge in [-0.1, -0.05) is 6.07 Å². The Morgan fingerprint density at radius 1 is 1.44 bits per heavy atom. The Morgan fingerprint density at radius 3 is 2.67 bits per heavy atom. The smallest absolute Gasteiger partial charge is 0.127 e. The maximum Gasteiger partial charge on any atom is 0.127 e. The molecule has 0 unspecified atom stereocenters. The van der Waals surface area contributed by atoms with Gasteiger partial charge in [0.25, 0.3) is 0 Å². The van der Waals surface area contributed by atoms with E-state index in [4.69, 9.17) is 4.74 Å². The van der Waals surface area contributed by atoms with Crippen molar-refractivity contribution in [3.05, 3.63) is 29.8 Å². The van der Waals surface area contributed by atoms with Crippen molar-refractivity contribution in [1.29, 1.82) is 0 Å². The minimum atomic E-state index is 0.745. The predicted molar refractivity (Wildman–Crippen MR) is 35.4 cm³/mol. The lowest BCUT2D eigenvalue weighted by molar-refractivity contribution is 0.413. The second-order valence-corrected chi connectivity index (χ2v) is 1.83. The Morgan fingerprint density at radius 2 is 2.22 bits per heavy atom. The Bertz CT molecular complexity index is 194. The Labute approximate surface area is 55.3 Å². The van der Waals surface area contributed by atoms with Crippen molar-refractivity contribution in [2.45, 2.75) is 6.92 Å². The first-order valence-corrected chi connectivity index (χ1v) is 2.77. The van der Waals surface area contributed by atoms with Gasteiger partial charge in [-0.2, -0.15) is 0 Å². The summed E-state index contributed by atoms with van der Waals surface area (Å²) in [5.74, 6) is 0.745. The summed E-state index contributed by atoms with van der Waals surface area (Å²) >= 11 is 0. The highest BCUT2D eigenvalue weighted by atomic mass is 16.5. The molecule has 9 heavy (non-hydrogen) atoms. The molecule has 0 aromatic heterocycles. The molecule has 0 aliphatic carbocycles. The van der Waals surface area contributed by atoms with E-state index >= 15 is 0 Å². The zero-order chi connectivity index (χ0) is 6.69. The molecule has 0 atom stereocenters. The summed E-state index contributed by atoms with van der Waals surface area (Å²) in [7, 11) is 1.62. The second-order valence-electron chi connectivity index (χ2n) is 1.83. The topological polar surface area (TPSA) is 9.23 Å². The normalized spacial score (nSPS) is 9.11. The lowest BCUT2D eigenvalue weighted by Crippen LogP contribution is -1.82. The monoisotopic (exact) mass is 120 g/mol. The molecule has 1 rings (SSSR count). The molecule has 0 fully saturated rings. The van der Waals surface area contributed by atoms with E-state index in [-0.39, 0.29) is 0 Å². The lowest BCUT2D eigenvalue weighted by atomic mass is 10.2. The number of benzene rings is 1. The number of aryl methyl sites for hydroxylation is 1. The summed E-state index contributed by atoms with van der Waals surface area (Å²) in [5.41, 5.74) is 1.05. The van der Waals surface area contributed by atoms with Gasteiger partial charge in [-0.25, -0.2) is 0 Å². The quantitative estimate of drug-likeness (QED) is 0.547. The van der Waals surface area contributed by atoms with Gasteiger partial charge in [-0.05, 0) is 24.6 Å². The summed E-state index contributed by atoms with van der Waals surface area (Å²) in [5, 5.41) is 0. The number of ether oxygens (including phenoxy) is 1. The largest absolute Gasteiger partial charge is 0.496 e. The Kier molecular flexibility index (Phi) is 1.73. The van der Waals surface area contributed by atoms with Gasteiger partial charge >= 0.3 is 0 Å². The average Bonchev–Trinajstić information content (AvgIpc) is 1.88. The molecule has 0 amide bonds. The first-order valence-electron chi connectivity index (χ1n) is 2.77. The van der Waals surface area contributed by atoms with Gasteiger partial charge < -0.3 is 4.74 Å². The van der Waals surface area contributed by atoms with E-state index in [9.17, 15) is 0 Å². The molecule has 0 spiro atoms. The molecule has 0 saturated heterocycles. The Hall–Kier alpha value is -0.980. The van der Waals surface area contributed by atoms with Crippen LogP contribution in [0.25, 0.3) is 0 Å². The van der Waals surface area contributed by atoms with Crippen LogP contribution in [0, 0.1) is 19.1 Å². The van der Waals surface area contributed by atoms with Crippen molar-refractivity contribution in [2.24, 2.45) is 0 Å². The molecular formula is C8H8O. The van der Waals surface area contributed by atoms with Gasteiger partial charge in [0.15, 0.2) is 0 Å². The molecule has 0 heterocycles. The molecule has 0 saturated carbocycles. The van der Waals surface area contributed by atoms with E-state index in [0.717, 1.165) is 11.3 Å². The van der Waals surface area contributed by atoms with E-state index in [1.807, 2.05) is 13.0 Å². The molecule has 0 bridgehead atoms. The SMILES string of the molecule is COc1[c]c(C)c[c]c1. The fourth-order valence-corrected chi connectivity index (χ4v) is 0.619. The molecule has 46 valence electrons. The maximum atomic E-state index is 4.91. The molecule has 0 aliphatic heterocycles. The highest BCUT2D eigenvalue weighted by Gasteiger charge is 1.88. The molecule has 0 aliphatic rings. The van der Waals surface area contributed by atoms with E-state index in [1.165, 1.54) is 0 Å². The van der Waals surface area contributed by atoms with Crippen molar-refractivity contribution < 1.29 is 4.74 Å². The van der Waals surface area contributed by atoms with Crippen LogP contribution >= 0.6 is 0 Å². The highest BCUT2D eigenvalue weighted by Crippen LogP contribution is 2.08. The van der Waals surface area contributed by atoms with Gasteiger partial charge in [0, 0.05) is 6.07 Å². The molecular weight excluding hydrogens is 112 g/mol. The van der Waals surface area contributed by atoms with Crippen LogP contribution in [0.15, 0.2) is 12.1 Å². The first-order chi connectivity index (χ1) is 4.33. The number of hydrogen-bond acceptors (Lipinski definition) is 1. The van der Waals surface area contributed by atoms with Crippen LogP contribution in [0.1, 0.15) is 5.56 Å². The summed E-state index contributed by atoms with van der Waals surface area (Å²) in [6.45, 7) is 1.96. The van der Waals surface area contributed by atoms with Crippen LogP contribution in [0.5, 0.6) is 5.75 Å². The van der Waals surface area contributed by atoms with Crippen LogP contribution < -0.4 is 4.74 Å². The van der Waals surface area contributed by atoms with E-state index in [2.05, 4.69) is 12.1 Å². The van der Waals surface area contributed by atoms with Gasteiger partial charge in [-0.3, -0.25) is 0 Å². The van der Waals surface area contributed by atoms with Crippen molar-refractivity contribution in [2.75, 3.05) is 7.11 Å². The fourth-order valence-electron chi connectivity index (χ4n) is 0.619. The number of hydrogen-bond donors (Lipinski definition) is 0.